The van der Waals surface area contributed by atoms with Crippen molar-refractivity contribution in [2.45, 2.75) is 69.1 Å². The van der Waals surface area contributed by atoms with Gasteiger partial charge in [0.2, 0.25) is 0 Å². The summed E-state index contributed by atoms with van der Waals surface area (Å²) in [5, 5.41) is 0. The van der Waals surface area contributed by atoms with Gasteiger partial charge >= 0.3 is 18.0 Å². The topological polar surface area (TPSA) is 26.3 Å². The lowest BCUT2D eigenvalue weighted by Crippen LogP contribution is -2.66. The minimum atomic E-state index is -6.49. The van der Waals surface area contributed by atoms with E-state index in [2.05, 4.69) is 4.74 Å². The standard InChI is InChI=1S/C14H19F7O2/c1-2-23-11(9-22,8-10-6-4-3-5-7-10)12(15,16)13(17,18)14(19,20)21/h9-10H,2-8H2,1H3. The van der Waals surface area contributed by atoms with E-state index in [1.807, 2.05) is 0 Å². The maximum atomic E-state index is 14.1. The fourth-order valence-corrected chi connectivity index (χ4v) is 2.96. The molecular formula is C14H19F7O2. The highest BCUT2D eigenvalue weighted by Gasteiger charge is 2.80. The Hall–Kier alpha value is -0.860. The molecule has 23 heavy (non-hydrogen) atoms. The quantitative estimate of drug-likeness (QED) is 0.488. The number of hydrogen-bond acceptors (Lipinski definition) is 2. The van der Waals surface area contributed by atoms with Gasteiger partial charge in [-0.2, -0.15) is 30.7 Å². The third-order valence-electron chi connectivity index (χ3n) is 4.19. The Bertz CT molecular complexity index is 402. The highest BCUT2D eigenvalue weighted by atomic mass is 19.4. The number of hydrogen-bond donors (Lipinski definition) is 0. The largest absolute Gasteiger partial charge is 0.460 e. The molecule has 9 heteroatoms. The first-order valence-electron chi connectivity index (χ1n) is 7.38. The van der Waals surface area contributed by atoms with Gasteiger partial charge in [0.25, 0.3) is 0 Å². The molecule has 2 nitrogen and oxygen atoms in total. The van der Waals surface area contributed by atoms with E-state index in [4.69, 9.17) is 0 Å². The van der Waals surface area contributed by atoms with Crippen molar-refractivity contribution in [2.24, 2.45) is 5.92 Å². The zero-order chi connectivity index (χ0) is 17.9. The molecule has 0 saturated heterocycles. The smallest absolute Gasteiger partial charge is 0.361 e. The average Bonchev–Trinajstić information content (AvgIpc) is 2.46. The molecule has 0 heterocycles. The second-order valence-electron chi connectivity index (χ2n) is 5.80. The summed E-state index contributed by atoms with van der Waals surface area (Å²) in [6, 6.07) is 0. The van der Waals surface area contributed by atoms with Crippen molar-refractivity contribution < 1.29 is 40.3 Å². The molecule has 1 saturated carbocycles. The number of carbonyl (C=O) groups is 1. The van der Waals surface area contributed by atoms with Crippen LogP contribution in [0.1, 0.15) is 45.4 Å². The number of alkyl halides is 7. The van der Waals surface area contributed by atoms with Crippen LogP contribution >= 0.6 is 0 Å². The monoisotopic (exact) mass is 352 g/mol. The van der Waals surface area contributed by atoms with Gasteiger partial charge in [-0.15, -0.1) is 0 Å². The highest BCUT2D eigenvalue weighted by Crippen LogP contribution is 2.54. The molecule has 0 spiro atoms. The molecule has 1 aliphatic carbocycles. The van der Waals surface area contributed by atoms with Crippen LogP contribution in [0.4, 0.5) is 30.7 Å². The number of ether oxygens (including phenoxy) is 1. The van der Waals surface area contributed by atoms with Gasteiger partial charge in [0.15, 0.2) is 11.9 Å². The van der Waals surface area contributed by atoms with Crippen LogP contribution in [0.2, 0.25) is 0 Å². The molecule has 0 aromatic carbocycles. The van der Waals surface area contributed by atoms with Crippen molar-refractivity contribution in [3.63, 3.8) is 0 Å². The van der Waals surface area contributed by atoms with Gasteiger partial charge in [-0.3, -0.25) is 4.79 Å². The molecule has 0 aromatic rings. The van der Waals surface area contributed by atoms with Crippen molar-refractivity contribution in [1.29, 1.82) is 0 Å². The van der Waals surface area contributed by atoms with Crippen LogP contribution in [-0.2, 0) is 9.53 Å². The Kier molecular flexibility index (Phi) is 6.09. The minimum Gasteiger partial charge on any atom is -0.361 e. The van der Waals surface area contributed by atoms with Gasteiger partial charge in [-0.25, -0.2) is 0 Å². The minimum absolute atomic E-state index is 0.385. The molecule has 0 aliphatic heterocycles. The Balaban J connectivity index is 3.23. The Morgan fingerprint density at radius 1 is 0.957 bits per heavy atom. The van der Waals surface area contributed by atoms with Crippen molar-refractivity contribution in [1.82, 2.24) is 0 Å². The third kappa shape index (κ3) is 3.64. The lowest BCUT2D eigenvalue weighted by molar-refractivity contribution is -0.385. The molecule has 1 atom stereocenters. The first kappa shape index (κ1) is 20.2. The van der Waals surface area contributed by atoms with Crippen molar-refractivity contribution in [3.8, 4) is 0 Å². The van der Waals surface area contributed by atoms with E-state index in [0.29, 0.717) is 25.7 Å². The summed E-state index contributed by atoms with van der Waals surface area (Å²) in [5.74, 6) is -12.6. The maximum absolute atomic E-state index is 14.1. The van der Waals surface area contributed by atoms with E-state index < -0.39 is 48.9 Å². The normalized spacial score (nSPS) is 21.0. The van der Waals surface area contributed by atoms with Gasteiger partial charge < -0.3 is 4.74 Å². The lowest BCUT2D eigenvalue weighted by Gasteiger charge is -2.42. The second-order valence-corrected chi connectivity index (χ2v) is 5.80. The van der Waals surface area contributed by atoms with E-state index in [0.717, 1.165) is 13.3 Å². The molecule has 0 amide bonds. The Labute approximate surface area is 129 Å². The average molecular weight is 352 g/mol. The van der Waals surface area contributed by atoms with Crippen LogP contribution < -0.4 is 0 Å². The summed E-state index contributed by atoms with van der Waals surface area (Å²) >= 11 is 0. The third-order valence-corrected chi connectivity index (χ3v) is 4.19. The van der Waals surface area contributed by atoms with E-state index in [9.17, 15) is 35.5 Å². The van der Waals surface area contributed by atoms with Crippen molar-refractivity contribution >= 4 is 6.29 Å². The number of rotatable bonds is 7. The molecule has 136 valence electrons. The molecule has 0 bridgehead atoms. The molecule has 0 N–H and O–H groups in total. The van der Waals surface area contributed by atoms with E-state index >= 15 is 0 Å². The predicted molar refractivity (Wildman–Crippen MR) is 67.6 cm³/mol. The molecule has 1 rings (SSSR count). The molecule has 1 unspecified atom stereocenters. The van der Waals surface area contributed by atoms with Crippen LogP contribution in [0.15, 0.2) is 0 Å². The van der Waals surface area contributed by atoms with E-state index in [1.165, 1.54) is 0 Å². The molecule has 1 aliphatic rings. The summed E-state index contributed by atoms with van der Waals surface area (Å²) in [4.78, 5) is 11.2. The van der Waals surface area contributed by atoms with Crippen LogP contribution in [0.5, 0.6) is 0 Å². The van der Waals surface area contributed by atoms with Gasteiger partial charge in [-0.05, 0) is 19.3 Å². The SMILES string of the molecule is CCOC(C=O)(CC1CCCCC1)C(F)(F)C(F)(F)C(F)(F)F. The van der Waals surface area contributed by atoms with Gasteiger partial charge in [0.1, 0.15) is 0 Å². The zero-order valence-electron chi connectivity index (χ0n) is 12.6. The highest BCUT2D eigenvalue weighted by molar-refractivity contribution is 5.65. The first-order valence-corrected chi connectivity index (χ1v) is 7.38. The summed E-state index contributed by atoms with van der Waals surface area (Å²) in [6.45, 7) is 0.565. The van der Waals surface area contributed by atoms with Crippen LogP contribution in [-0.4, -0.2) is 36.5 Å². The Morgan fingerprint density at radius 2 is 1.48 bits per heavy atom. The van der Waals surface area contributed by atoms with E-state index in [-0.39, 0.29) is 0 Å². The number of carbonyl (C=O) groups excluding carboxylic acids is 1. The Morgan fingerprint density at radius 3 is 1.87 bits per heavy atom. The zero-order valence-corrected chi connectivity index (χ0v) is 12.6. The molecule has 0 aromatic heterocycles. The second kappa shape index (κ2) is 6.94. The van der Waals surface area contributed by atoms with Crippen molar-refractivity contribution in [3.05, 3.63) is 0 Å². The van der Waals surface area contributed by atoms with Crippen molar-refractivity contribution in [2.75, 3.05) is 6.61 Å². The molecule has 1 fully saturated rings. The van der Waals surface area contributed by atoms with Gasteiger partial charge in [-0.1, -0.05) is 32.1 Å². The van der Waals surface area contributed by atoms with Crippen LogP contribution in [0, 0.1) is 5.92 Å². The fourth-order valence-electron chi connectivity index (χ4n) is 2.96. The predicted octanol–water partition coefficient (Wildman–Crippen LogP) is 4.76. The summed E-state index contributed by atoms with van der Waals surface area (Å²) in [6.07, 6.45) is -5.05. The van der Waals surface area contributed by atoms with Crippen LogP contribution in [0.25, 0.3) is 0 Å². The first-order chi connectivity index (χ1) is 10.4. The lowest BCUT2D eigenvalue weighted by atomic mass is 9.77. The van der Waals surface area contributed by atoms with E-state index in [1.54, 1.807) is 0 Å². The summed E-state index contributed by atoms with van der Waals surface area (Å²) in [7, 11) is 0. The number of aldehydes is 1. The summed E-state index contributed by atoms with van der Waals surface area (Å²) in [5.41, 5.74) is -3.50. The number of halogens is 7. The summed E-state index contributed by atoms with van der Waals surface area (Å²) < 4.78 is 96.7. The molecule has 0 radical (unpaired) electrons. The van der Waals surface area contributed by atoms with Crippen LogP contribution in [0.3, 0.4) is 0 Å². The fraction of sp³-hybridized carbons (Fsp3) is 0.929. The van der Waals surface area contributed by atoms with Gasteiger partial charge in [0, 0.05) is 6.61 Å². The van der Waals surface area contributed by atoms with Gasteiger partial charge in [0.05, 0.1) is 0 Å². The maximum Gasteiger partial charge on any atom is 0.460 e. The molecular weight excluding hydrogens is 333 g/mol.